The molecule has 1 aliphatic rings. The smallest absolute Gasteiger partial charge is 0.408 e. The Kier molecular flexibility index (Phi) is 27.4. The Labute approximate surface area is 684 Å². The summed E-state index contributed by atoms with van der Waals surface area (Å²) < 4.78 is 265. The highest BCUT2D eigenvalue weighted by molar-refractivity contribution is 5.90. The third-order valence-electron chi connectivity index (χ3n) is 18.1. The molecule has 0 aliphatic heterocycles. The van der Waals surface area contributed by atoms with E-state index in [0.29, 0.717) is 28.3 Å². The quantitative estimate of drug-likeness (QED) is 0.0247. The number of alkyl halides is 18. The lowest BCUT2D eigenvalue weighted by Crippen LogP contribution is -2.50. The van der Waals surface area contributed by atoms with Gasteiger partial charge in [-0.1, -0.05) is 175 Å². The van der Waals surface area contributed by atoms with Crippen molar-refractivity contribution < 1.29 is 126 Å². The van der Waals surface area contributed by atoms with Gasteiger partial charge >= 0.3 is 62.3 Å². The van der Waals surface area contributed by atoms with E-state index < -0.39 is 107 Å². The maximum absolute atomic E-state index is 13.5. The first-order valence-corrected chi connectivity index (χ1v) is 36.2. The average Bonchev–Trinajstić information content (AvgIpc) is 0.898. The van der Waals surface area contributed by atoms with Crippen molar-refractivity contribution in [2.45, 2.75) is 113 Å². The molecule has 42 heteroatoms. The number of amides is 6. The number of halogens is 18. The molecule has 0 radical (unpaired) electrons. The van der Waals surface area contributed by atoms with Gasteiger partial charge < -0.3 is 48.8 Å². The van der Waals surface area contributed by atoms with Gasteiger partial charge in [0.05, 0.1) is 16.6 Å². The third-order valence-corrected chi connectivity index (χ3v) is 18.1. The molecule has 0 saturated heterocycles. The summed E-state index contributed by atoms with van der Waals surface area (Å²) in [6.07, 6.45) is -27.5. The fraction of sp³-hybridized carbons (Fsp3) is 0.222. The fourth-order valence-electron chi connectivity index (χ4n) is 13.1. The van der Waals surface area contributed by atoms with Gasteiger partial charge in [0, 0.05) is 32.1 Å². The molecule has 1 saturated carbocycles. The van der Waals surface area contributed by atoms with Gasteiger partial charge in [-0.05, 0) is 143 Å². The summed E-state index contributed by atoms with van der Waals surface area (Å²) in [4.78, 5) is 48.3. The van der Waals surface area contributed by atoms with Crippen LogP contribution >= 0.6 is 0 Å². The Morgan fingerprint density at radius 3 is 0.878 bits per heavy atom. The van der Waals surface area contributed by atoms with E-state index in [1.54, 1.807) is 97.9 Å². The van der Waals surface area contributed by atoms with Gasteiger partial charge in [-0.3, -0.25) is 26.1 Å². The number of benzene rings is 9. The molecular weight excluding hydrogens is 1670 g/mol. The van der Waals surface area contributed by atoms with Crippen LogP contribution in [0, 0.1) is 13.8 Å². The molecule has 646 valence electrons. The predicted octanol–water partition coefficient (Wildman–Crippen LogP) is 19.9. The number of urea groups is 3. The molecule has 3 heterocycles. The molecule has 9 aromatic carbocycles. The zero-order valence-electron chi connectivity index (χ0n) is 63.4. The van der Waals surface area contributed by atoms with E-state index in [4.69, 9.17) is 4.42 Å². The summed E-state index contributed by atoms with van der Waals surface area (Å²) in [7, 11) is 0. The van der Waals surface area contributed by atoms with Gasteiger partial charge in [0.1, 0.15) is 46.1 Å². The predicted molar refractivity (Wildman–Crippen MR) is 401 cm³/mol. The second kappa shape index (κ2) is 37.6. The first-order valence-electron chi connectivity index (χ1n) is 36.2. The van der Waals surface area contributed by atoms with Crippen LogP contribution in [0.1, 0.15) is 92.8 Å². The monoisotopic (exact) mass is 1740 g/mol. The van der Waals surface area contributed by atoms with Crippen LogP contribution in [0.25, 0.3) is 0 Å². The number of nitrogens with one attached hydrogen (secondary N) is 8. The minimum absolute atomic E-state index is 0.0451. The van der Waals surface area contributed by atoms with E-state index in [2.05, 4.69) is 101 Å². The maximum Gasteiger partial charge on any atom is 0.573 e. The molecule has 13 rings (SSSR count). The lowest BCUT2D eigenvalue weighted by Gasteiger charge is -2.36. The number of nitrogens with zero attached hydrogens (tertiary/aromatic N) is 6. The van der Waals surface area contributed by atoms with Gasteiger partial charge in [-0.2, -0.15) is 9.97 Å². The number of carbonyl (C=O) groups is 3. The average molecular weight is 1740 g/mol. The Morgan fingerprint density at radius 2 is 0.634 bits per heavy atom. The van der Waals surface area contributed by atoms with E-state index in [-0.39, 0.29) is 82.4 Å². The number of aryl methyl sites for hydroxylation is 2. The second-order valence-electron chi connectivity index (χ2n) is 26.9. The molecule has 3 aromatic heterocycles. The highest BCUT2D eigenvalue weighted by Crippen LogP contribution is 2.44. The summed E-state index contributed by atoms with van der Waals surface area (Å²) >= 11 is 0. The minimum atomic E-state index is -5.03. The van der Waals surface area contributed by atoms with Crippen molar-refractivity contribution in [3.8, 4) is 34.5 Å². The molecule has 0 atom stereocenters. The Morgan fingerprint density at radius 1 is 0.358 bits per heavy atom. The standard InChI is InChI=1S/C29H25F6N5O3.C26H21F6N5O3.C26H20F6N4O4/c30-28(31,32)42-22-13-5-11-20(15-22)27(17-18-7-2-1-3-8-18,21-12-6-14-23(16-21)43-29(33,34)35)38-26(41)37-25-36-24(39-40-25)19-9-4-10-19;1-16-33-22(37-36-16)34-23(38)35-24(15-17-7-3-2-4-8-17,18-9-5-11-20(13-18)39-25(27,28)29)19-10-6-12-21(14-19)40-26(30,31)32;1-16-35-36-23(38-16)33-22(37)34-24(15-17-7-3-2-4-8-17,18-9-5-11-20(13-18)39-25(27,28)29)19-10-6-12-21(14-19)40-26(30,31)32/h1-3,5-8,11-16,19H,4,9-10,17H2,(H3,36,37,38,39,40,41);2-14H,15H2,1H3,(H3,33,34,35,36,37,38);2-14H,15H2,1H3,(H2,33,34,36,37). The molecule has 12 aromatic rings. The molecule has 0 spiro atoms. The lowest BCUT2D eigenvalue weighted by atomic mass is 9.77. The summed E-state index contributed by atoms with van der Waals surface area (Å²) in [5, 5.41) is 36.0. The second-order valence-corrected chi connectivity index (χ2v) is 26.9. The van der Waals surface area contributed by atoms with Crippen molar-refractivity contribution in [2.75, 3.05) is 16.0 Å². The van der Waals surface area contributed by atoms with Crippen molar-refractivity contribution in [2.24, 2.45) is 0 Å². The molecule has 123 heavy (non-hydrogen) atoms. The summed E-state index contributed by atoms with van der Waals surface area (Å²) in [6.45, 7) is 3.07. The normalized spacial score (nSPS) is 12.8. The Hall–Kier alpha value is -14.3. The number of rotatable bonds is 25. The Balaban J connectivity index is 0.000000180. The summed E-state index contributed by atoms with van der Waals surface area (Å²) in [5.74, 6) is -2.43. The topological polar surface area (TPSA) is 301 Å². The molecule has 1 fully saturated rings. The summed E-state index contributed by atoms with van der Waals surface area (Å²) in [6, 6.07) is 51.4. The van der Waals surface area contributed by atoms with Crippen molar-refractivity contribution in [3.63, 3.8) is 0 Å². The van der Waals surface area contributed by atoms with Crippen LogP contribution in [0.15, 0.2) is 241 Å². The van der Waals surface area contributed by atoms with Gasteiger partial charge in [0.25, 0.3) is 0 Å². The van der Waals surface area contributed by atoms with Gasteiger partial charge in [0.15, 0.2) is 0 Å². The highest BCUT2D eigenvalue weighted by atomic mass is 19.4. The zero-order chi connectivity index (χ0) is 88.6. The number of aromatic amines is 2. The van der Waals surface area contributed by atoms with Crippen LogP contribution in [-0.2, 0) is 35.9 Å². The molecule has 24 nitrogen and oxygen atoms in total. The number of ether oxygens (including phenoxy) is 6. The van der Waals surface area contributed by atoms with Crippen LogP contribution < -0.4 is 60.3 Å². The zero-order valence-corrected chi connectivity index (χ0v) is 63.4. The van der Waals surface area contributed by atoms with Crippen molar-refractivity contribution in [3.05, 3.63) is 304 Å². The third kappa shape index (κ3) is 26.1. The molecular formula is C81H66F18N14O10. The number of hydrogen-bond acceptors (Lipinski definition) is 16. The van der Waals surface area contributed by atoms with E-state index in [0.717, 1.165) is 92.1 Å². The first-order chi connectivity index (χ1) is 58.0. The SMILES string of the molecule is Cc1nc(NC(=O)NC(Cc2ccccc2)(c2cccc(OC(F)(F)F)c2)c2cccc(OC(F)(F)F)c2)n[nH]1.Cc1nnc(NC(=O)NC(Cc2ccccc2)(c2cccc(OC(F)(F)F)c2)c2cccc(OC(F)(F)F)c2)o1.O=C(Nc1n[nH]c(C2CCC2)n1)NC(Cc1ccccc1)(c1cccc(OC(F)(F)F)c1)c1cccc(OC(F)(F)F)c1. The summed E-state index contributed by atoms with van der Waals surface area (Å²) in [5.41, 5.74) is -3.04. The number of carbonyl (C=O) groups excluding carboxylic acids is 3. The molecule has 1 aliphatic carbocycles. The van der Waals surface area contributed by atoms with E-state index >= 15 is 0 Å². The number of aromatic nitrogens is 8. The molecule has 0 bridgehead atoms. The Bertz CT molecular complexity index is 5140. The number of anilines is 3. The van der Waals surface area contributed by atoms with Gasteiger partial charge in [-0.15, -0.1) is 94.3 Å². The van der Waals surface area contributed by atoms with Gasteiger partial charge in [-0.25, -0.2) is 14.4 Å². The van der Waals surface area contributed by atoms with Crippen LogP contribution in [0.5, 0.6) is 34.5 Å². The lowest BCUT2D eigenvalue weighted by molar-refractivity contribution is -0.275. The van der Waals surface area contributed by atoms with Crippen LogP contribution in [0.3, 0.4) is 0 Å². The maximum atomic E-state index is 13.5. The van der Waals surface area contributed by atoms with E-state index in [1.807, 2.05) is 0 Å². The largest absolute Gasteiger partial charge is 0.573 e. The van der Waals surface area contributed by atoms with Gasteiger partial charge in [0.2, 0.25) is 17.8 Å². The molecule has 8 N–H and O–H groups in total. The van der Waals surface area contributed by atoms with E-state index in [1.165, 1.54) is 79.7 Å². The van der Waals surface area contributed by atoms with Crippen LogP contribution in [0.4, 0.5) is 111 Å². The molecule has 0 unspecified atom stereocenters. The van der Waals surface area contributed by atoms with Crippen molar-refractivity contribution in [1.82, 2.24) is 56.5 Å². The highest BCUT2D eigenvalue weighted by Gasteiger charge is 2.45. The van der Waals surface area contributed by atoms with Crippen LogP contribution in [-0.4, -0.2) is 96.8 Å². The number of hydrogen-bond donors (Lipinski definition) is 8. The molecule has 6 amide bonds. The fourth-order valence-corrected chi connectivity index (χ4v) is 13.1. The minimum Gasteiger partial charge on any atom is -0.408 e. The van der Waals surface area contributed by atoms with Crippen molar-refractivity contribution >= 4 is 36.0 Å². The number of H-pyrrole nitrogens is 2. The first kappa shape index (κ1) is 89.5. The van der Waals surface area contributed by atoms with Crippen molar-refractivity contribution in [1.29, 1.82) is 0 Å². The van der Waals surface area contributed by atoms with Crippen LogP contribution in [0.2, 0.25) is 0 Å². The van der Waals surface area contributed by atoms with E-state index in [9.17, 15) is 93.4 Å².